The van der Waals surface area contributed by atoms with E-state index in [4.69, 9.17) is 5.11 Å². The molecule has 2 N–H and O–H groups in total. The van der Waals surface area contributed by atoms with E-state index in [-0.39, 0.29) is 12.2 Å². The molecular weight excluding hydrogens is 222 g/mol. The molecule has 0 aliphatic carbocycles. The Balaban J connectivity index is 2.15. The predicted molar refractivity (Wildman–Crippen MR) is 59.0 cm³/mol. The fourth-order valence-electron chi connectivity index (χ4n) is 1.41. The van der Waals surface area contributed by atoms with Crippen molar-refractivity contribution in [2.75, 3.05) is 0 Å². The van der Waals surface area contributed by atoms with E-state index in [9.17, 15) is 9.90 Å². The average molecular weight is 233 g/mol. The molecule has 6 nitrogen and oxygen atoms in total. The van der Waals surface area contributed by atoms with Crippen LogP contribution in [0.5, 0.6) is 5.75 Å². The lowest BCUT2D eigenvalue weighted by atomic mass is 10.2. The quantitative estimate of drug-likeness (QED) is 0.822. The number of carboxylic acid groups (broad SMARTS) is 1. The number of benzene rings is 1. The number of hydrogen-bond donors (Lipinski definition) is 2. The lowest BCUT2D eigenvalue weighted by Gasteiger charge is -1.99. The minimum absolute atomic E-state index is 0.0265. The fraction of sp³-hybridized carbons (Fsp3) is 0.182. The van der Waals surface area contributed by atoms with Crippen molar-refractivity contribution in [3.8, 4) is 11.4 Å². The normalized spacial score (nSPS) is 10.4. The minimum Gasteiger partial charge on any atom is -0.508 e. The molecule has 0 bridgehead atoms. The third kappa shape index (κ3) is 2.81. The Kier molecular flexibility index (Phi) is 3.04. The van der Waals surface area contributed by atoms with Crippen LogP contribution in [-0.4, -0.2) is 31.2 Å². The maximum atomic E-state index is 10.4. The van der Waals surface area contributed by atoms with Crippen LogP contribution in [0, 0.1) is 0 Å². The standard InChI is InChI=1S/C11H11N3O3/c15-10-3-1-2-9(6-10)14-7-8(12-13-14)4-5-11(16)17/h1-3,6-7,15H,4-5H2,(H,16,17). The van der Waals surface area contributed by atoms with Crippen molar-refractivity contribution in [3.63, 3.8) is 0 Å². The molecule has 0 fully saturated rings. The van der Waals surface area contributed by atoms with Crippen molar-refractivity contribution in [3.05, 3.63) is 36.2 Å². The number of phenolic OH excluding ortho intramolecular Hbond substituents is 1. The number of nitrogens with zero attached hydrogens (tertiary/aromatic N) is 3. The Labute approximate surface area is 97.1 Å². The van der Waals surface area contributed by atoms with Gasteiger partial charge < -0.3 is 10.2 Å². The number of phenols is 1. The number of aliphatic carboxylic acids is 1. The first-order valence-corrected chi connectivity index (χ1v) is 5.07. The molecular formula is C11H11N3O3. The van der Waals surface area contributed by atoms with Crippen LogP contribution >= 0.6 is 0 Å². The number of rotatable bonds is 4. The number of aromatic nitrogens is 3. The lowest BCUT2D eigenvalue weighted by Crippen LogP contribution is -1.97. The summed E-state index contributed by atoms with van der Waals surface area (Å²) in [4.78, 5) is 10.4. The number of aromatic hydroxyl groups is 1. The lowest BCUT2D eigenvalue weighted by molar-refractivity contribution is -0.136. The Hall–Kier alpha value is -2.37. The topological polar surface area (TPSA) is 88.2 Å². The Bertz CT molecular complexity index is 536. The van der Waals surface area contributed by atoms with Gasteiger partial charge in [-0.25, -0.2) is 4.68 Å². The summed E-state index contributed by atoms with van der Waals surface area (Å²) in [5.74, 6) is -0.720. The molecule has 88 valence electrons. The van der Waals surface area contributed by atoms with Crippen LogP contribution in [0.25, 0.3) is 5.69 Å². The largest absolute Gasteiger partial charge is 0.508 e. The van der Waals surface area contributed by atoms with Gasteiger partial charge in [-0.3, -0.25) is 4.79 Å². The first-order valence-electron chi connectivity index (χ1n) is 5.07. The van der Waals surface area contributed by atoms with Crippen molar-refractivity contribution in [2.24, 2.45) is 0 Å². The van der Waals surface area contributed by atoms with Gasteiger partial charge in [0.25, 0.3) is 0 Å². The summed E-state index contributed by atoms with van der Waals surface area (Å²) in [5, 5.41) is 25.6. The molecule has 0 aliphatic heterocycles. The van der Waals surface area contributed by atoms with Gasteiger partial charge in [0, 0.05) is 12.5 Å². The van der Waals surface area contributed by atoms with Gasteiger partial charge in [-0.2, -0.15) is 0 Å². The second kappa shape index (κ2) is 4.65. The van der Waals surface area contributed by atoms with Crippen molar-refractivity contribution < 1.29 is 15.0 Å². The number of aryl methyl sites for hydroxylation is 1. The van der Waals surface area contributed by atoms with Crippen LogP contribution < -0.4 is 0 Å². The highest BCUT2D eigenvalue weighted by Crippen LogP contribution is 2.14. The first-order chi connectivity index (χ1) is 8.15. The molecule has 6 heteroatoms. The zero-order valence-electron chi connectivity index (χ0n) is 8.95. The molecule has 0 radical (unpaired) electrons. The number of carboxylic acids is 1. The third-order valence-corrected chi connectivity index (χ3v) is 2.23. The van der Waals surface area contributed by atoms with Crippen molar-refractivity contribution >= 4 is 5.97 Å². The van der Waals surface area contributed by atoms with E-state index in [1.807, 2.05) is 0 Å². The molecule has 1 aromatic carbocycles. The van der Waals surface area contributed by atoms with Gasteiger partial charge in [0.2, 0.25) is 0 Å². The molecule has 0 unspecified atom stereocenters. The van der Waals surface area contributed by atoms with E-state index >= 15 is 0 Å². The molecule has 0 aliphatic rings. The highest BCUT2D eigenvalue weighted by atomic mass is 16.4. The van der Waals surface area contributed by atoms with Crippen LogP contribution in [0.4, 0.5) is 0 Å². The summed E-state index contributed by atoms with van der Waals surface area (Å²) in [6.07, 6.45) is 2.02. The molecule has 0 spiro atoms. The SMILES string of the molecule is O=C(O)CCc1cn(-c2cccc(O)c2)nn1. The van der Waals surface area contributed by atoms with E-state index in [0.29, 0.717) is 17.8 Å². The monoisotopic (exact) mass is 233 g/mol. The predicted octanol–water partition coefficient (Wildman–Crippen LogP) is 0.990. The molecule has 2 rings (SSSR count). The van der Waals surface area contributed by atoms with Gasteiger partial charge in [-0.1, -0.05) is 11.3 Å². The first kappa shape index (κ1) is 11.1. The van der Waals surface area contributed by atoms with Crippen LogP contribution in [0.2, 0.25) is 0 Å². The molecule has 1 heterocycles. The number of carbonyl (C=O) groups is 1. The van der Waals surface area contributed by atoms with Gasteiger partial charge in [0.1, 0.15) is 5.75 Å². The summed E-state index contributed by atoms with van der Waals surface area (Å²) in [7, 11) is 0. The summed E-state index contributed by atoms with van der Waals surface area (Å²) >= 11 is 0. The molecule has 0 saturated carbocycles. The summed E-state index contributed by atoms with van der Waals surface area (Å²) in [6.45, 7) is 0. The van der Waals surface area contributed by atoms with Gasteiger partial charge in [-0.15, -0.1) is 5.10 Å². The summed E-state index contributed by atoms with van der Waals surface area (Å²) in [6, 6.07) is 6.58. The molecule has 2 aromatic rings. The van der Waals surface area contributed by atoms with Crippen molar-refractivity contribution in [1.82, 2.24) is 15.0 Å². The third-order valence-electron chi connectivity index (χ3n) is 2.23. The smallest absolute Gasteiger partial charge is 0.303 e. The maximum Gasteiger partial charge on any atom is 0.303 e. The van der Waals surface area contributed by atoms with E-state index in [2.05, 4.69) is 10.3 Å². The zero-order valence-corrected chi connectivity index (χ0v) is 8.95. The average Bonchev–Trinajstić information content (AvgIpc) is 2.75. The summed E-state index contributed by atoms with van der Waals surface area (Å²) < 4.78 is 1.50. The Morgan fingerprint density at radius 1 is 1.41 bits per heavy atom. The zero-order chi connectivity index (χ0) is 12.3. The summed E-state index contributed by atoms with van der Waals surface area (Å²) in [5.41, 5.74) is 1.29. The van der Waals surface area contributed by atoms with Gasteiger partial charge >= 0.3 is 5.97 Å². The Morgan fingerprint density at radius 2 is 2.24 bits per heavy atom. The van der Waals surface area contributed by atoms with Crippen LogP contribution in [0.1, 0.15) is 12.1 Å². The fourth-order valence-corrected chi connectivity index (χ4v) is 1.41. The van der Waals surface area contributed by atoms with E-state index in [0.717, 1.165) is 0 Å². The minimum atomic E-state index is -0.864. The molecule has 1 aromatic heterocycles. The Morgan fingerprint density at radius 3 is 2.94 bits per heavy atom. The highest BCUT2D eigenvalue weighted by Gasteiger charge is 2.05. The highest BCUT2D eigenvalue weighted by molar-refractivity contribution is 5.66. The molecule has 0 atom stereocenters. The molecule has 0 saturated heterocycles. The van der Waals surface area contributed by atoms with Crippen LogP contribution in [0.3, 0.4) is 0 Å². The second-order valence-electron chi connectivity index (χ2n) is 3.57. The number of hydrogen-bond acceptors (Lipinski definition) is 4. The molecule has 17 heavy (non-hydrogen) atoms. The van der Waals surface area contributed by atoms with E-state index < -0.39 is 5.97 Å². The van der Waals surface area contributed by atoms with Crippen molar-refractivity contribution in [1.29, 1.82) is 0 Å². The van der Waals surface area contributed by atoms with Gasteiger partial charge in [-0.05, 0) is 12.1 Å². The van der Waals surface area contributed by atoms with Crippen LogP contribution in [0.15, 0.2) is 30.5 Å². The molecule has 0 amide bonds. The van der Waals surface area contributed by atoms with E-state index in [1.165, 1.54) is 4.68 Å². The maximum absolute atomic E-state index is 10.4. The van der Waals surface area contributed by atoms with Gasteiger partial charge in [0.05, 0.1) is 24.0 Å². The van der Waals surface area contributed by atoms with Gasteiger partial charge in [0.15, 0.2) is 0 Å². The van der Waals surface area contributed by atoms with Crippen LogP contribution in [-0.2, 0) is 11.2 Å². The second-order valence-corrected chi connectivity index (χ2v) is 3.57. The van der Waals surface area contributed by atoms with E-state index in [1.54, 1.807) is 30.5 Å². The van der Waals surface area contributed by atoms with Crippen molar-refractivity contribution in [2.45, 2.75) is 12.8 Å².